The smallest absolute Gasteiger partial charge is 0.377 e. The van der Waals surface area contributed by atoms with Crippen LogP contribution in [0.25, 0.3) is 0 Å². The second kappa shape index (κ2) is 4.18. The lowest BCUT2D eigenvalue weighted by atomic mass is 10.1. The topological polar surface area (TPSA) is 80.7 Å². The van der Waals surface area contributed by atoms with E-state index in [1.807, 2.05) is 0 Å². The van der Waals surface area contributed by atoms with Crippen LogP contribution in [0.15, 0.2) is 24.3 Å². The van der Waals surface area contributed by atoms with Gasteiger partial charge in [0.05, 0.1) is 0 Å². The summed E-state index contributed by atoms with van der Waals surface area (Å²) in [6.45, 7) is 0.244. The van der Waals surface area contributed by atoms with Crippen molar-refractivity contribution in [3.05, 3.63) is 29.8 Å². The Kier molecular flexibility index (Phi) is 2.96. The van der Waals surface area contributed by atoms with Gasteiger partial charge in [-0.25, -0.2) is 4.79 Å². The number of carbonyl (C=O) groups excluding carboxylic acids is 2. The minimum absolute atomic E-state index is 0.0377. The lowest BCUT2D eigenvalue weighted by Gasteiger charge is -1.98. The minimum atomic E-state index is -1.52. The molecule has 0 aromatic heterocycles. The van der Waals surface area contributed by atoms with Crippen molar-refractivity contribution in [2.45, 2.75) is 0 Å². The van der Waals surface area contributed by atoms with Crippen molar-refractivity contribution in [2.24, 2.45) is 0 Å². The maximum atomic E-state index is 10.9. The fourth-order valence-electron chi connectivity index (χ4n) is 0.864. The highest BCUT2D eigenvalue weighted by molar-refractivity contribution is 6.39. The minimum Gasteiger partial charge on any atom is -0.475 e. The van der Waals surface area contributed by atoms with Gasteiger partial charge in [-0.15, -0.1) is 0 Å². The summed E-state index contributed by atoms with van der Waals surface area (Å²) in [6.07, 6.45) is 0. The van der Waals surface area contributed by atoms with Gasteiger partial charge < -0.3 is 9.84 Å². The standard InChI is InChI=1S/C9H6O5/c10-5-14-7-3-1-6(2-4-7)8(11)9(12)13/h1-5H,(H,12,13). The van der Waals surface area contributed by atoms with E-state index in [1.54, 1.807) is 0 Å². The van der Waals surface area contributed by atoms with Crippen LogP contribution in [0.4, 0.5) is 0 Å². The van der Waals surface area contributed by atoms with Crippen molar-refractivity contribution in [1.29, 1.82) is 0 Å². The molecule has 72 valence electrons. The number of rotatable bonds is 4. The quantitative estimate of drug-likeness (QED) is 0.428. The zero-order valence-corrected chi connectivity index (χ0v) is 6.97. The normalized spacial score (nSPS) is 9.14. The summed E-state index contributed by atoms with van der Waals surface area (Å²) < 4.78 is 4.46. The first-order valence-electron chi connectivity index (χ1n) is 3.63. The first kappa shape index (κ1) is 9.91. The number of Topliss-reactive ketones (excluding diaryl/α,β-unsaturated/α-hetero) is 1. The molecule has 0 aliphatic rings. The molecule has 1 N–H and O–H groups in total. The molecule has 0 unspecified atom stereocenters. The van der Waals surface area contributed by atoms with E-state index in [-0.39, 0.29) is 17.8 Å². The van der Waals surface area contributed by atoms with Gasteiger partial charge in [-0.05, 0) is 24.3 Å². The Morgan fingerprint density at radius 2 is 1.79 bits per heavy atom. The number of aliphatic carboxylic acids is 1. The number of carboxylic acid groups (broad SMARTS) is 1. The van der Waals surface area contributed by atoms with Crippen LogP contribution in [0.3, 0.4) is 0 Å². The molecule has 1 rings (SSSR count). The lowest BCUT2D eigenvalue weighted by molar-refractivity contribution is -0.131. The largest absolute Gasteiger partial charge is 0.475 e. The Labute approximate surface area is 78.9 Å². The van der Waals surface area contributed by atoms with E-state index in [4.69, 9.17) is 5.11 Å². The highest BCUT2D eigenvalue weighted by atomic mass is 16.5. The summed E-state index contributed by atoms with van der Waals surface area (Å²) in [5.41, 5.74) is 0.0377. The fraction of sp³-hybridized carbons (Fsp3) is 0. The molecule has 1 aromatic rings. The Hall–Kier alpha value is -2.17. The Morgan fingerprint density at radius 1 is 1.21 bits per heavy atom. The molecular weight excluding hydrogens is 188 g/mol. The number of ketones is 1. The van der Waals surface area contributed by atoms with Crippen molar-refractivity contribution >= 4 is 18.2 Å². The van der Waals surface area contributed by atoms with Gasteiger partial charge in [0.1, 0.15) is 5.75 Å². The molecule has 0 bridgehead atoms. The number of carbonyl (C=O) groups is 3. The molecule has 0 heterocycles. The molecule has 0 fully saturated rings. The maximum Gasteiger partial charge on any atom is 0.377 e. The molecule has 1 aromatic carbocycles. The number of carboxylic acids is 1. The first-order chi connectivity index (χ1) is 6.65. The van der Waals surface area contributed by atoms with Gasteiger partial charge in [-0.1, -0.05) is 0 Å². The van der Waals surface area contributed by atoms with Crippen molar-refractivity contribution in [1.82, 2.24) is 0 Å². The van der Waals surface area contributed by atoms with Crippen molar-refractivity contribution in [3.63, 3.8) is 0 Å². The van der Waals surface area contributed by atoms with Crippen LogP contribution < -0.4 is 4.74 Å². The van der Waals surface area contributed by atoms with Gasteiger partial charge in [-0.3, -0.25) is 9.59 Å². The first-order valence-corrected chi connectivity index (χ1v) is 3.63. The maximum absolute atomic E-state index is 10.9. The van der Waals surface area contributed by atoms with Crippen LogP contribution in [0, 0.1) is 0 Å². The van der Waals surface area contributed by atoms with E-state index >= 15 is 0 Å². The van der Waals surface area contributed by atoms with E-state index in [2.05, 4.69) is 4.74 Å². The molecule has 0 radical (unpaired) electrons. The van der Waals surface area contributed by atoms with E-state index in [0.717, 1.165) is 0 Å². The van der Waals surface area contributed by atoms with Gasteiger partial charge in [-0.2, -0.15) is 0 Å². The third-order valence-corrected chi connectivity index (χ3v) is 1.49. The lowest BCUT2D eigenvalue weighted by Crippen LogP contribution is -2.12. The number of ether oxygens (including phenoxy) is 1. The average molecular weight is 194 g/mol. The number of hydrogen-bond donors (Lipinski definition) is 1. The zero-order valence-electron chi connectivity index (χ0n) is 6.97. The van der Waals surface area contributed by atoms with E-state index in [0.29, 0.717) is 0 Å². The molecule has 0 aliphatic carbocycles. The SMILES string of the molecule is O=COc1ccc(C(=O)C(=O)O)cc1. The Bertz CT molecular complexity index is 365. The van der Waals surface area contributed by atoms with Crippen LogP contribution in [-0.4, -0.2) is 23.3 Å². The summed E-state index contributed by atoms with van der Waals surface area (Å²) in [4.78, 5) is 31.1. The average Bonchev–Trinajstić information content (AvgIpc) is 2.18. The van der Waals surface area contributed by atoms with E-state index < -0.39 is 11.8 Å². The second-order valence-electron chi connectivity index (χ2n) is 2.37. The van der Waals surface area contributed by atoms with Gasteiger partial charge in [0.2, 0.25) is 0 Å². The molecular formula is C9H6O5. The fourth-order valence-corrected chi connectivity index (χ4v) is 0.864. The number of hydrogen-bond acceptors (Lipinski definition) is 4. The van der Waals surface area contributed by atoms with Crippen molar-refractivity contribution in [3.8, 4) is 5.75 Å². The second-order valence-corrected chi connectivity index (χ2v) is 2.37. The summed E-state index contributed by atoms with van der Waals surface area (Å²) in [5, 5.41) is 8.37. The zero-order chi connectivity index (χ0) is 10.6. The third-order valence-electron chi connectivity index (χ3n) is 1.49. The van der Waals surface area contributed by atoms with E-state index in [9.17, 15) is 14.4 Å². The summed E-state index contributed by atoms with van der Waals surface area (Å²) in [5.74, 6) is -2.27. The summed E-state index contributed by atoms with van der Waals surface area (Å²) in [7, 11) is 0. The molecule has 0 aliphatic heterocycles. The Balaban J connectivity index is 2.88. The van der Waals surface area contributed by atoms with Crippen molar-refractivity contribution in [2.75, 3.05) is 0 Å². The highest BCUT2D eigenvalue weighted by Crippen LogP contribution is 2.11. The molecule has 5 heteroatoms. The third kappa shape index (κ3) is 2.16. The van der Waals surface area contributed by atoms with Crippen LogP contribution >= 0.6 is 0 Å². The van der Waals surface area contributed by atoms with Gasteiger partial charge in [0.15, 0.2) is 0 Å². The summed E-state index contributed by atoms with van der Waals surface area (Å²) in [6, 6.07) is 5.22. The molecule has 14 heavy (non-hydrogen) atoms. The molecule has 0 atom stereocenters. The van der Waals surface area contributed by atoms with Gasteiger partial charge >= 0.3 is 5.97 Å². The van der Waals surface area contributed by atoms with Crippen molar-refractivity contribution < 1.29 is 24.2 Å². The highest BCUT2D eigenvalue weighted by Gasteiger charge is 2.13. The molecule has 5 nitrogen and oxygen atoms in total. The summed E-state index contributed by atoms with van der Waals surface area (Å²) >= 11 is 0. The predicted molar refractivity (Wildman–Crippen MR) is 45.1 cm³/mol. The van der Waals surface area contributed by atoms with Crippen LogP contribution in [0.5, 0.6) is 5.75 Å². The van der Waals surface area contributed by atoms with Crippen LogP contribution in [0.1, 0.15) is 10.4 Å². The van der Waals surface area contributed by atoms with Gasteiger partial charge in [0.25, 0.3) is 12.3 Å². The van der Waals surface area contributed by atoms with E-state index in [1.165, 1.54) is 24.3 Å². The molecule has 0 saturated carbocycles. The van der Waals surface area contributed by atoms with Gasteiger partial charge in [0, 0.05) is 5.56 Å². The molecule has 0 spiro atoms. The number of benzene rings is 1. The Morgan fingerprint density at radius 3 is 2.21 bits per heavy atom. The predicted octanol–water partition coefficient (Wildman–Crippen LogP) is 0.489. The van der Waals surface area contributed by atoms with Crippen LogP contribution in [0.2, 0.25) is 0 Å². The molecule has 0 saturated heterocycles. The molecule has 0 amide bonds. The van der Waals surface area contributed by atoms with Crippen LogP contribution in [-0.2, 0) is 9.59 Å². The monoisotopic (exact) mass is 194 g/mol.